The molecular formula is C16H20F6O4. The van der Waals surface area contributed by atoms with E-state index in [1.807, 2.05) is 0 Å². The van der Waals surface area contributed by atoms with Crippen molar-refractivity contribution in [2.24, 2.45) is 0 Å². The topological polar surface area (TPSA) is 52.6 Å². The molecule has 0 aromatic heterocycles. The summed E-state index contributed by atoms with van der Waals surface area (Å²) in [5.74, 6) is -13.5. The number of carbonyl (C=O) groups is 2. The Kier molecular flexibility index (Phi) is 9.44. The SMILES string of the molecule is C=CC(=O)OCCCCCCCC(F)(F)C(F)(F)C(F)(F)OC(=O)C=C. The molecule has 0 aliphatic rings. The average Bonchev–Trinajstić information content (AvgIpc) is 2.55. The lowest BCUT2D eigenvalue weighted by atomic mass is 10.0. The summed E-state index contributed by atoms with van der Waals surface area (Å²) in [6.45, 7) is 6.01. The van der Waals surface area contributed by atoms with Crippen molar-refractivity contribution in [1.29, 1.82) is 0 Å². The standard InChI is InChI=1S/C16H20F6O4/c1-3-12(23)25-11-9-7-5-6-8-10-14(17,18)15(19,20)16(21,22)26-13(24)4-2/h3-4H,1-2,5-11H2. The molecule has 0 fully saturated rings. The number of carbonyl (C=O) groups excluding carboxylic acids is 2. The molecule has 0 aliphatic carbocycles. The number of esters is 2. The maximum absolute atomic E-state index is 13.5. The van der Waals surface area contributed by atoms with E-state index in [4.69, 9.17) is 0 Å². The van der Waals surface area contributed by atoms with Crippen LogP contribution in [0.5, 0.6) is 0 Å². The van der Waals surface area contributed by atoms with Crippen LogP contribution in [0, 0.1) is 0 Å². The Morgan fingerprint density at radius 1 is 0.808 bits per heavy atom. The second kappa shape index (κ2) is 10.2. The third kappa shape index (κ3) is 7.09. The van der Waals surface area contributed by atoms with Crippen molar-refractivity contribution < 1.29 is 45.4 Å². The van der Waals surface area contributed by atoms with Gasteiger partial charge in [-0.2, -0.15) is 26.3 Å². The Bertz CT molecular complexity index is 505. The number of alkyl halides is 6. The van der Waals surface area contributed by atoms with Crippen molar-refractivity contribution >= 4 is 11.9 Å². The summed E-state index contributed by atoms with van der Waals surface area (Å²) in [7, 11) is 0. The third-order valence-corrected chi connectivity index (χ3v) is 3.27. The lowest BCUT2D eigenvalue weighted by Gasteiger charge is -2.31. The Morgan fingerprint density at radius 3 is 1.85 bits per heavy atom. The number of hydrogen-bond acceptors (Lipinski definition) is 4. The van der Waals surface area contributed by atoms with E-state index in [0.29, 0.717) is 19.3 Å². The van der Waals surface area contributed by atoms with Crippen LogP contribution in [0.25, 0.3) is 0 Å². The van der Waals surface area contributed by atoms with Crippen molar-refractivity contribution in [3.63, 3.8) is 0 Å². The van der Waals surface area contributed by atoms with Crippen LogP contribution in [0.2, 0.25) is 0 Å². The van der Waals surface area contributed by atoms with Gasteiger partial charge in [0.1, 0.15) is 0 Å². The van der Waals surface area contributed by atoms with Gasteiger partial charge in [-0.1, -0.05) is 32.4 Å². The van der Waals surface area contributed by atoms with Crippen LogP contribution in [0.3, 0.4) is 0 Å². The second-order valence-electron chi connectivity index (χ2n) is 5.31. The fraction of sp³-hybridized carbons (Fsp3) is 0.625. The molecule has 0 radical (unpaired) electrons. The number of hydrogen-bond donors (Lipinski definition) is 0. The molecule has 150 valence electrons. The summed E-state index contributed by atoms with van der Waals surface area (Å²) in [6, 6.07) is 0. The van der Waals surface area contributed by atoms with Crippen molar-refractivity contribution in [3.05, 3.63) is 25.3 Å². The van der Waals surface area contributed by atoms with Crippen molar-refractivity contribution in [2.45, 2.75) is 56.5 Å². The molecule has 0 rings (SSSR count). The van der Waals surface area contributed by atoms with Gasteiger partial charge >= 0.3 is 29.9 Å². The Balaban J connectivity index is 4.33. The van der Waals surface area contributed by atoms with Crippen molar-refractivity contribution in [2.75, 3.05) is 6.61 Å². The zero-order valence-corrected chi connectivity index (χ0v) is 13.9. The molecule has 0 aliphatic heterocycles. The molecule has 0 saturated carbocycles. The highest BCUT2D eigenvalue weighted by atomic mass is 19.3. The lowest BCUT2D eigenvalue weighted by molar-refractivity contribution is -0.384. The minimum Gasteiger partial charge on any atom is -0.463 e. The van der Waals surface area contributed by atoms with Crippen LogP contribution in [0.4, 0.5) is 26.3 Å². The van der Waals surface area contributed by atoms with Crippen LogP contribution in [-0.2, 0) is 19.1 Å². The number of rotatable bonds is 13. The van der Waals surface area contributed by atoms with Crippen LogP contribution in [0.1, 0.15) is 38.5 Å². The predicted octanol–water partition coefficient (Wildman–Crippen LogP) is 4.65. The fourth-order valence-electron chi connectivity index (χ4n) is 1.81. The van der Waals surface area contributed by atoms with Gasteiger partial charge in [0, 0.05) is 18.6 Å². The first-order valence-corrected chi connectivity index (χ1v) is 7.69. The highest BCUT2D eigenvalue weighted by Crippen LogP contribution is 2.48. The van der Waals surface area contributed by atoms with Gasteiger partial charge < -0.3 is 9.47 Å². The van der Waals surface area contributed by atoms with Gasteiger partial charge in [-0.25, -0.2) is 9.59 Å². The summed E-state index contributed by atoms with van der Waals surface area (Å²) in [4.78, 5) is 21.3. The molecule has 0 amide bonds. The third-order valence-electron chi connectivity index (χ3n) is 3.27. The monoisotopic (exact) mass is 390 g/mol. The van der Waals surface area contributed by atoms with Crippen LogP contribution >= 0.6 is 0 Å². The first kappa shape index (κ1) is 24.0. The van der Waals surface area contributed by atoms with E-state index < -0.39 is 42.7 Å². The molecule has 0 atom stereocenters. The van der Waals surface area contributed by atoms with Gasteiger partial charge in [0.15, 0.2) is 0 Å². The largest absolute Gasteiger partial charge is 0.473 e. The normalized spacial score (nSPS) is 12.4. The quantitative estimate of drug-likeness (QED) is 0.199. The van der Waals surface area contributed by atoms with E-state index in [2.05, 4.69) is 22.6 Å². The van der Waals surface area contributed by atoms with E-state index in [-0.39, 0.29) is 19.1 Å². The first-order chi connectivity index (χ1) is 11.9. The van der Waals surface area contributed by atoms with Gasteiger partial charge in [-0.05, 0) is 12.8 Å². The van der Waals surface area contributed by atoms with E-state index in [0.717, 1.165) is 6.08 Å². The van der Waals surface area contributed by atoms with Crippen LogP contribution in [0.15, 0.2) is 25.3 Å². The predicted molar refractivity (Wildman–Crippen MR) is 80.0 cm³/mol. The molecule has 0 aromatic rings. The van der Waals surface area contributed by atoms with Crippen LogP contribution < -0.4 is 0 Å². The molecule has 0 spiro atoms. The van der Waals surface area contributed by atoms with E-state index in [1.54, 1.807) is 0 Å². The smallest absolute Gasteiger partial charge is 0.463 e. The summed E-state index contributed by atoms with van der Waals surface area (Å²) >= 11 is 0. The molecule has 0 N–H and O–H groups in total. The van der Waals surface area contributed by atoms with Crippen molar-refractivity contribution in [3.8, 4) is 0 Å². The molecule has 4 nitrogen and oxygen atoms in total. The molecule has 0 saturated heterocycles. The summed E-state index contributed by atoms with van der Waals surface area (Å²) in [5.41, 5.74) is 0. The maximum Gasteiger partial charge on any atom is 0.473 e. The first-order valence-electron chi connectivity index (χ1n) is 7.69. The van der Waals surface area contributed by atoms with Gasteiger partial charge in [-0.15, -0.1) is 0 Å². The highest BCUT2D eigenvalue weighted by Gasteiger charge is 2.73. The van der Waals surface area contributed by atoms with Gasteiger partial charge in [0.25, 0.3) is 0 Å². The van der Waals surface area contributed by atoms with Gasteiger partial charge in [-0.3, -0.25) is 0 Å². The number of unbranched alkanes of at least 4 members (excludes halogenated alkanes) is 4. The average molecular weight is 390 g/mol. The molecule has 0 unspecified atom stereocenters. The minimum atomic E-state index is -5.86. The zero-order valence-electron chi connectivity index (χ0n) is 13.9. The van der Waals surface area contributed by atoms with Gasteiger partial charge in [0.05, 0.1) is 6.61 Å². The van der Waals surface area contributed by atoms with Gasteiger partial charge in [0.2, 0.25) is 0 Å². The zero-order chi connectivity index (χ0) is 20.4. The second-order valence-corrected chi connectivity index (χ2v) is 5.31. The number of halogens is 6. The minimum absolute atomic E-state index is 0.0824. The maximum atomic E-state index is 13.5. The summed E-state index contributed by atoms with van der Waals surface area (Å²) < 4.78 is 87.9. The summed E-state index contributed by atoms with van der Waals surface area (Å²) in [6.07, 6.45) is -5.14. The molecule has 10 heteroatoms. The fourth-order valence-corrected chi connectivity index (χ4v) is 1.81. The molecular weight excluding hydrogens is 370 g/mol. The van der Waals surface area contributed by atoms with Crippen molar-refractivity contribution in [1.82, 2.24) is 0 Å². The molecule has 0 bridgehead atoms. The van der Waals surface area contributed by atoms with E-state index in [1.165, 1.54) is 0 Å². The summed E-state index contributed by atoms with van der Waals surface area (Å²) in [5, 5.41) is 0. The van der Waals surface area contributed by atoms with E-state index >= 15 is 0 Å². The highest BCUT2D eigenvalue weighted by molar-refractivity contribution is 5.81. The Morgan fingerprint density at radius 2 is 1.31 bits per heavy atom. The van der Waals surface area contributed by atoms with E-state index in [9.17, 15) is 35.9 Å². The molecule has 0 heterocycles. The lowest BCUT2D eigenvalue weighted by Crippen LogP contribution is -2.55. The Labute approximate surface area is 146 Å². The molecule has 26 heavy (non-hydrogen) atoms. The molecule has 0 aromatic carbocycles. The number of ether oxygens (including phenoxy) is 2. The Hall–Kier alpha value is -2.00. The van der Waals surface area contributed by atoms with Crippen LogP contribution in [-0.4, -0.2) is 36.5 Å².